The summed E-state index contributed by atoms with van der Waals surface area (Å²) in [7, 11) is -3.43. The Hall–Kier alpha value is -4.18. The number of aromatic nitrogens is 3. The SMILES string of the molecule is CS(=O)(=O)c1cccc(Oc2cccc(-c3c(Cc4ccccc4)nc4c(C(F)(F)F)ccnn34)c2)c1. The van der Waals surface area contributed by atoms with Gasteiger partial charge >= 0.3 is 6.18 Å². The molecule has 0 amide bonds. The molecule has 0 unspecified atom stereocenters. The van der Waals surface area contributed by atoms with Gasteiger partial charge in [-0.05, 0) is 42.0 Å². The third-order valence-corrected chi connectivity index (χ3v) is 6.80. The number of alkyl halides is 3. The van der Waals surface area contributed by atoms with Crippen molar-refractivity contribution in [2.75, 3.05) is 6.26 Å². The number of nitrogens with zero attached hydrogens (tertiary/aromatic N) is 3. The highest BCUT2D eigenvalue weighted by Crippen LogP contribution is 2.36. The summed E-state index contributed by atoms with van der Waals surface area (Å²) >= 11 is 0. The highest BCUT2D eigenvalue weighted by atomic mass is 32.2. The first-order valence-electron chi connectivity index (χ1n) is 11.2. The molecular weight excluding hydrogens is 503 g/mol. The van der Waals surface area contributed by atoms with Crippen LogP contribution in [-0.4, -0.2) is 29.3 Å². The molecule has 0 saturated heterocycles. The summed E-state index contributed by atoms with van der Waals surface area (Å²) in [6.45, 7) is 0. The average Bonchev–Trinajstić information content (AvgIpc) is 3.21. The van der Waals surface area contributed by atoms with E-state index < -0.39 is 21.6 Å². The van der Waals surface area contributed by atoms with Crippen molar-refractivity contribution < 1.29 is 26.3 Å². The van der Waals surface area contributed by atoms with Crippen LogP contribution in [-0.2, 0) is 22.4 Å². The summed E-state index contributed by atoms with van der Waals surface area (Å²) < 4.78 is 72.2. The molecule has 0 aliphatic heterocycles. The van der Waals surface area contributed by atoms with Crippen LogP contribution in [0.25, 0.3) is 16.9 Å². The van der Waals surface area contributed by atoms with Gasteiger partial charge in [-0.25, -0.2) is 17.9 Å². The first kappa shape index (κ1) is 24.5. The normalized spacial score (nSPS) is 12.1. The van der Waals surface area contributed by atoms with Crippen LogP contribution >= 0.6 is 0 Å². The molecule has 0 radical (unpaired) electrons. The molecule has 5 aromatic rings. The molecule has 0 N–H and O–H groups in total. The molecule has 3 aromatic carbocycles. The zero-order chi connectivity index (χ0) is 26.2. The second kappa shape index (κ2) is 9.36. The zero-order valence-electron chi connectivity index (χ0n) is 19.5. The number of rotatable bonds is 6. The Balaban J connectivity index is 1.62. The van der Waals surface area contributed by atoms with Crippen molar-refractivity contribution in [1.29, 1.82) is 0 Å². The van der Waals surface area contributed by atoms with E-state index in [1.165, 1.54) is 16.6 Å². The molecule has 5 rings (SSSR count). The minimum atomic E-state index is -4.60. The molecule has 6 nitrogen and oxygen atoms in total. The van der Waals surface area contributed by atoms with Gasteiger partial charge in [0.1, 0.15) is 17.1 Å². The van der Waals surface area contributed by atoms with Gasteiger partial charge in [-0.2, -0.15) is 18.3 Å². The Morgan fingerprint density at radius 2 is 1.59 bits per heavy atom. The van der Waals surface area contributed by atoms with E-state index in [4.69, 9.17) is 4.74 Å². The van der Waals surface area contributed by atoms with E-state index in [0.29, 0.717) is 34.9 Å². The van der Waals surface area contributed by atoms with Crippen LogP contribution in [0.3, 0.4) is 0 Å². The summed E-state index contributed by atoms with van der Waals surface area (Å²) in [6, 6.07) is 23.1. The van der Waals surface area contributed by atoms with Gasteiger partial charge in [-0.1, -0.05) is 48.5 Å². The molecule has 0 atom stereocenters. The predicted molar refractivity (Wildman–Crippen MR) is 132 cm³/mol. The third kappa shape index (κ3) is 5.19. The van der Waals surface area contributed by atoms with Gasteiger partial charge in [0.15, 0.2) is 15.5 Å². The number of benzene rings is 3. The van der Waals surface area contributed by atoms with E-state index in [-0.39, 0.29) is 10.5 Å². The van der Waals surface area contributed by atoms with Crippen molar-refractivity contribution in [2.24, 2.45) is 0 Å². The van der Waals surface area contributed by atoms with E-state index in [9.17, 15) is 21.6 Å². The highest BCUT2D eigenvalue weighted by Gasteiger charge is 2.35. The highest BCUT2D eigenvalue weighted by molar-refractivity contribution is 7.90. The lowest BCUT2D eigenvalue weighted by Crippen LogP contribution is -2.09. The molecule has 2 aromatic heterocycles. The van der Waals surface area contributed by atoms with Gasteiger partial charge < -0.3 is 4.74 Å². The molecule has 188 valence electrons. The number of hydrogen-bond acceptors (Lipinski definition) is 5. The summed E-state index contributed by atoms with van der Waals surface area (Å²) in [6.07, 6.45) is -2.11. The van der Waals surface area contributed by atoms with Crippen molar-refractivity contribution in [3.05, 3.63) is 108 Å². The van der Waals surface area contributed by atoms with Gasteiger partial charge in [-0.15, -0.1) is 0 Å². The second-order valence-electron chi connectivity index (χ2n) is 8.42. The maximum atomic E-state index is 13.8. The molecule has 37 heavy (non-hydrogen) atoms. The first-order valence-corrected chi connectivity index (χ1v) is 13.0. The lowest BCUT2D eigenvalue weighted by molar-refractivity contribution is -0.136. The number of fused-ring (bicyclic) bond motifs is 1. The van der Waals surface area contributed by atoms with Crippen molar-refractivity contribution in [3.63, 3.8) is 0 Å². The molecule has 2 heterocycles. The molecule has 10 heteroatoms. The fourth-order valence-electron chi connectivity index (χ4n) is 4.03. The van der Waals surface area contributed by atoms with Gasteiger partial charge in [0.2, 0.25) is 0 Å². The number of imidazole rings is 1. The lowest BCUT2D eigenvalue weighted by Gasteiger charge is -2.11. The van der Waals surface area contributed by atoms with Crippen molar-refractivity contribution in [2.45, 2.75) is 17.5 Å². The third-order valence-electron chi connectivity index (χ3n) is 5.69. The Morgan fingerprint density at radius 3 is 2.30 bits per heavy atom. The Labute approximate surface area is 210 Å². The topological polar surface area (TPSA) is 73.6 Å². The van der Waals surface area contributed by atoms with Gasteiger partial charge in [0.05, 0.1) is 16.3 Å². The van der Waals surface area contributed by atoms with Crippen molar-refractivity contribution >= 4 is 15.5 Å². The maximum Gasteiger partial charge on any atom is 0.420 e. The van der Waals surface area contributed by atoms with E-state index in [1.807, 2.05) is 30.3 Å². The van der Waals surface area contributed by atoms with Crippen LogP contribution in [0.5, 0.6) is 11.5 Å². The van der Waals surface area contributed by atoms with E-state index in [1.54, 1.807) is 36.4 Å². The number of ether oxygens (including phenoxy) is 1. The van der Waals surface area contributed by atoms with Crippen LogP contribution in [0.4, 0.5) is 13.2 Å². The van der Waals surface area contributed by atoms with Crippen molar-refractivity contribution in [3.8, 4) is 22.8 Å². The molecular formula is C27H20F3N3O3S. The fourth-order valence-corrected chi connectivity index (χ4v) is 4.68. The number of sulfone groups is 1. The van der Waals surface area contributed by atoms with Crippen molar-refractivity contribution in [1.82, 2.24) is 14.6 Å². The van der Waals surface area contributed by atoms with E-state index in [2.05, 4.69) is 10.1 Å². The average molecular weight is 524 g/mol. The summed E-state index contributed by atoms with van der Waals surface area (Å²) in [5.74, 6) is 0.677. The lowest BCUT2D eigenvalue weighted by atomic mass is 10.0. The first-order chi connectivity index (χ1) is 17.6. The van der Waals surface area contributed by atoms with Gasteiger partial charge in [0.25, 0.3) is 0 Å². The molecule has 0 saturated carbocycles. The zero-order valence-corrected chi connectivity index (χ0v) is 20.3. The van der Waals surface area contributed by atoms with E-state index >= 15 is 0 Å². The van der Waals surface area contributed by atoms with Crippen LogP contribution in [0.2, 0.25) is 0 Å². The molecule has 0 aliphatic rings. The Bertz CT molecular complexity index is 1700. The van der Waals surface area contributed by atoms with E-state index in [0.717, 1.165) is 24.1 Å². The fraction of sp³-hybridized carbons (Fsp3) is 0.111. The predicted octanol–water partition coefficient (Wildman–Crippen LogP) is 6.20. The summed E-state index contributed by atoms with van der Waals surface area (Å²) in [5.41, 5.74) is 1.08. The summed E-state index contributed by atoms with van der Waals surface area (Å²) in [5, 5.41) is 4.19. The van der Waals surface area contributed by atoms with Gasteiger partial charge in [0, 0.05) is 24.4 Å². The number of hydrogen-bond donors (Lipinski definition) is 0. The quantitative estimate of drug-likeness (QED) is 0.265. The standard InChI is InChI=1S/C27H20F3N3O3S/c1-37(34,35)22-12-6-11-21(17-22)36-20-10-5-9-19(16-20)25-24(15-18-7-3-2-4-8-18)32-26-23(27(28,29)30)13-14-31-33(25)26/h2-14,16-17H,15H2,1H3. The number of halogens is 3. The van der Waals surface area contributed by atoms with Gasteiger partial charge in [-0.3, -0.25) is 0 Å². The monoisotopic (exact) mass is 523 g/mol. The van der Waals surface area contributed by atoms with Crippen LogP contribution < -0.4 is 4.74 Å². The molecule has 0 spiro atoms. The molecule has 0 aliphatic carbocycles. The minimum Gasteiger partial charge on any atom is -0.457 e. The smallest absolute Gasteiger partial charge is 0.420 e. The summed E-state index contributed by atoms with van der Waals surface area (Å²) in [4.78, 5) is 4.48. The van der Waals surface area contributed by atoms with Crippen LogP contribution in [0.15, 0.2) is 96.0 Å². The largest absolute Gasteiger partial charge is 0.457 e. The Kier molecular flexibility index (Phi) is 6.20. The minimum absolute atomic E-state index is 0.108. The van der Waals surface area contributed by atoms with Crippen LogP contribution in [0, 0.1) is 0 Å². The molecule has 0 bridgehead atoms. The maximum absolute atomic E-state index is 13.8. The van der Waals surface area contributed by atoms with Crippen LogP contribution in [0.1, 0.15) is 16.8 Å². The second-order valence-corrected chi connectivity index (χ2v) is 10.4. The Morgan fingerprint density at radius 1 is 0.892 bits per heavy atom. The molecule has 0 fully saturated rings.